The fraction of sp³-hybridized carbons (Fsp3) is 0.444. The summed E-state index contributed by atoms with van der Waals surface area (Å²) < 4.78 is 0. The largest absolute Gasteiger partial charge is 0.374 e. The molecule has 12 heavy (non-hydrogen) atoms. The van der Waals surface area contributed by atoms with E-state index in [2.05, 4.69) is 16.9 Å². The van der Waals surface area contributed by atoms with Crippen LogP contribution in [0.25, 0.3) is 0 Å². The molecule has 0 aromatic carbocycles. The Bertz CT molecular complexity index is 210. The molecule has 1 aromatic heterocycles. The summed E-state index contributed by atoms with van der Waals surface area (Å²) in [5.74, 6) is 0. The second kappa shape index (κ2) is 4.72. The van der Waals surface area contributed by atoms with E-state index in [4.69, 9.17) is 5.73 Å². The third-order valence-corrected chi connectivity index (χ3v) is 1.80. The van der Waals surface area contributed by atoms with Gasteiger partial charge >= 0.3 is 0 Å². The molecule has 66 valence electrons. The lowest BCUT2D eigenvalue weighted by molar-refractivity contribution is 0.795. The molecule has 1 rings (SSSR count). The highest BCUT2D eigenvalue weighted by atomic mass is 15.1. The molecule has 0 amide bonds. The van der Waals surface area contributed by atoms with Crippen molar-refractivity contribution in [3.63, 3.8) is 0 Å². The number of rotatable bonds is 4. The first-order valence-electron chi connectivity index (χ1n) is 4.16. The molecule has 3 heteroatoms. The summed E-state index contributed by atoms with van der Waals surface area (Å²) in [6, 6.07) is 3.99. The Morgan fingerprint density at radius 3 is 2.67 bits per heavy atom. The second-order valence-corrected chi connectivity index (χ2v) is 2.77. The van der Waals surface area contributed by atoms with E-state index in [1.165, 1.54) is 5.69 Å². The van der Waals surface area contributed by atoms with E-state index in [1.54, 1.807) is 12.4 Å². The Morgan fingerprint density at radius 1 is 1.42 bits per heavy atom. The van der Waals surface area contributed by atoms with Crippen LogP contribution in [0.3, 0.4) is 0 Å². The molecule has 0 radical (unpaired) electrons. The van der Waals surface area contributed by atoms with Gasteiger partial charge in [-0.15, -0.1) is 0 Å². The SMILES string of the molecule is CN(CCCN)c1ccncc1. The number of nitrogens with zero attached hydrogens (tertiary/aromatic N) is 2. The maximum Gasteiger partial charge on any atom is 0.0394 e. The third-order valence-electron chi connectivity index (χ3n) is 1.80. The maximum atomic E-state index is 5.42. The Labute approximate surface area is 73.2 Å². The standard InChI is InChI=1S/C9H15N3/c1-12(8-2-5-10)9-3-6-11-7-4-9/h3-4,6-7H,2,5,8,10H2,1H3. The fourth-order valence-corrected chi connectivity index (χ4v) is 1.06. The van der Waals surface area contributed by atoms with Gasteiger partial charge in [-0.3, -0.25) is 4.98 Å². The van der Waals surface area contributed by atoms with E-state index in [0.717, 1.165) is 19.5 Å². The van der Waals surface area contributed by atoms with Crippen LogP contribution in [-0.4, -0.2) is 25.1 Å². The normalized spacial score (nSPS) is 9.83. The highest BCUT2D eigenvalue weighted by Crippen LogP contribution is 2.09. The minimum absolute atomic E-state index is 0.745. The Balaban J connectivity index is 2.48. The molecule has 1 heterocycles. The van der Waals surface area contributed by atoms with E-state index in [-0.39, 0.29) is 0 Å². The van der Waals surface area contributed by atoms with Gasteiger partial charge in [-0.1, -0.05) is 0 Å². The molecule has 3 nitrogen and oxygen atoms in total. The number of aromatic nitrogens is 1. The van der Waals surface area contributed by atoms with Gasteiger partial charge in [-0.25, -0.2) is 0 Å². The van der Waals surface area contributed by atoms with Gasteiger partial charge in [0.1, 0.15) is 0 Å². The van der Waals surface area contributed by atoms with Crippen molar-refractivity contribution in [3.05, 3.63) is 24.5 Å². The monoisotopic (exact) mass is 165 g/mol. The average molecular weight is 165 g/mol. The van der Waals surface area contributed by atoms with Gasteiger partial charge < -0.3 is 10.6 Å². The molecule has 0 unspecified atom stereocenters. The number of nitrogens with two attached hydrogens (primary N) is 1. The first-order chi connectivity index (χ1) is 5.84. The molecule has 0 spiro atoms. The molecule has 0 aliphatic heterocycles. The zero-order chi connectivity index (χ0) is 8.81. The van der Waals surface area contributed by atoms with Crippen molar-refractivity contribution in [2.75, 3.05) is 25.0 Å². The minimum Gasteiger partial charge on any atom is -0.374 e. The van der Waals surface area contributed by atoms with Gasteiger partial charge in [0, 0.05) is 31.7 Å². The van der Waals surface area contributed by atoms with E-state index >= 15 is 0 Å². The van der Waals surface area contributed by atoms with Crippen LogP contribution in [0.1, 0.15) is 6.42 Å². The van der Waals surface area contributed by atoms with Crippen molar-refractivity contribution in [1.82, 2.24) is 4.98 Å². The van der Waals surface area contributed by atoms with Crippen LogP contribution in [0, 0.1) is 0 Å². The third kappa shape index (κ3) is 2.51. The fourth-order valence-electron chi connectivity index (χ4n) is 1.06. The predicted molar refractivity (Wildman–Crippen MR) is 51.2 cm³/mol. The number of pyridine rings is 1. The highest BCUT2D eigenvalue weighted by molar-refractivity contribution is 5.43. The van der Waals surface area contributed by atoms with Crippen molar-refractivity contribution in [3.8, 4) is 0 Å². The lowest BCUT2D eigenvalue weighted by atomic mass is 10.3. The van der Waals surface area contributed by atoms with E-state index in [9.17, 15) is 0 Å². The van der Waals surface area contributed by atoms with Crippen LogP contribution in [-0.2, 0) is 0 Å². The summed E-state index contributed by atoms with van der Waals surface area (Å²) in [6.07, 6.45) is 4.63. The predicted octanol–water partition coefficient (Wildman–Crippen LogP) is 0.867. The van der Waals surface area contributed by atoms with Crippen LogP contribution in [0.4, 0.5) is 5.69 Å². The van der Waals surface area contributed by atoms with Gasteiger partial charge in [0.05, 0.1) is 0 Å². The van der Waals surface area contributed by atoms with E-state index in [1.807, 2.05) is 12.1 Å². The molecular weight excluding hydrogens is 150 g/mol. The molecule has 0 saturated carbocycles. The van der Waals surface area contributed by atoms with Crippen LogP contribution in [0.15, 0.2) is 24.5 Å². The maximum absolute atomic E-state index is 5.42. The lowest BCUT2D eigenvalue weighted by Crippen LogP contribution is -2.20. The zero-order valence-corrected chi connectivity index (χ0v) is 7.40. The van der Waals surface area contributed by atoms with Crippen molar-refractivity contribution < 1.29 is 0 Å². The number of hydrogen-bond acceptors (Lipinski definition) is 3. The Morgan fingerprint density at radius 2 is 2.08 bits per heavy atom. The summed E-state index contributed by atoms with van der Waals surface area (Å²) in [5.41, 5.74) is 6.61. The minimum atomic E-state index is 0.745. The van der Waals surface area contributed by atoms with Gasteiger partial charge in [0.25, 0.3) is 0 Å². The molecule has 2 N–H and O–H groups in total. The number of hydrogen-bond donors (Lipinski definition) is 1. The molecule has 0 atom stereocenters. The molecule has 0 aliphatic carbocycles. The van der Waals surface area contributed by atoms with Gasteiger partial charge in [-0.05, 0) is 25.1 Å². The molecule has 0 bridgehead atoms. The molecule has 1 aromatic rings. The van der Waals surface area contributed by atoms with Crippen LogP contribution in [0.2, 0.25) is 0 Å². The van der Waals surface area contributed by atoms with E-state index in [0.29, 0.717) is 0 Å². The van der Waals surface area contributed by atoms with Crippen LogP contribution < -0.4 is 10.6 Å². The summed E-state index contributed by atoms with van der Waals surface area (Å²) in [4.78, 5) is 6.13. The van der Waals surface area contributed by atoms with Crippen molar-refractivity contribution in [2.24, 2.45) is 5.73 Å². The highest BCUT2D eigenvalue weighted by Gasteiger charge is 1.97. The van der Waals surface area contributed by atoms with Crippen molar-refractivity contribution in [2.45, 2.75) is 6.42 Å². The Hall–Kier alpha value is -1.09. The summed E-state index contributed by atoms with van der Waals surface area (Å²) >= 11 is 0. The molecule has 0 saturated heterocycles. The molecule has 0 aliphatic rings. The van der Waals surface area contributed by atoms with E-state index < -0.39 is 0 Å². The van der Waals surface area contributed by atoms with Crippen molar-refractivity contribution >= 4 is 5.69 Å². The second-order valence-electron chi connectivity index (χ2n) is 2.77. The molecular formula is C9H15N3. The number of anilines is 1. The Kier molecular flexibility index (Phi) is 3.54. The van der Waals surface area contributed by atoms with Crippen molar-refractivity contribution in [1.29, 1.82) is 0 Å². The first kappa shape index (κ1) is 9.00. The quantitative estimate of drug-likeness (QED) is 0.719. The lowest BCUT2D eigenvalue weighted by Gasteiger charge is -2.17. The van der Waals surface area contributed by atoms with Gasteiger partial charge in [0.2, 0.25) is 0 Å². The summed E-state index contributed by atoms with van der Waals surface area (Å²) in [5, 5.41) is 0. The first-order valence-corrected chi connectivity index (χ1v) is 4.16. The smallest absolute Gasteiger partial charge is 0.0394 e. The van der Waals surface area contributed by atoms with Gasteiger partial charge in [-0.2, -0.15) is 0 Å². The van der Waals surface area contributed by atoms with Crippen LogP contribution in [0.5, 0.6) is 0 Å². The van der Waals surface area contributed by atoms with Crippen LogP contribution >= 0.6 is 0 Å². The molecule has 0 fully saturated rings. The topological polar surface area (TPSA) is 42.1 Å². The average Bonchev–Trinajstić information content (AvgIpc) is 2.15. The summed E-state index contributed by atoms with van der Waals surface area (Å²) in [6.45, 7) is 1.75. The zero-order valence-electron chi connectivity index (χ0n) is 7.40. The van der Waals surface area contributed by atoms with Gasteiger partial charge in [0.15, 0.2) is 0 Å². The summed E-state index contributed by atoms with van der Waals surface area (Å²) in [7, 11) is 2.06.